The van der Waals surface area contributed by atoms with Gasteiger partial charge in [-0.15, -0.1) is 0 Å². The van der Waals surface area contributed by atoms with E-state index in [0.29, 0.717) is 21.3 Å². The molecule has 0 amide bonds. The van der Waals surface area contributed by atoms with Crippen LogP contribution in [0.5, 0.6) is 0 Å². The van der Waals surface area contributed by atoms with Crippen LogP contribution in [0.2, 0.25) is 5.02 Å². The number of anilines is 1. The van der Waals surface area contributed by atoms with Crippen LogP contribution in [0.15, 0.2) is 18.2 Å². The molecule has 0 saturated carbocycles. The summed E-state index contributed by atoms with van der Waals surface area (Å²) in [5.41, 5.74) is 7.13. The van der Waals surface area contributed by atoms with Crippen molar-refractivity contribution in [1.82, 2.24) is 0 Å². The Bertz CT molecular complexity index is 465. The molecule has 0 aliphatic rings. The highest BCUT2D eigenvalue weighted by Crippen LogP contribution is 2.21. The molecule has 0 bridgehead atoms. The van der Waals surface area contributed by atoms with Crippen LogP contribution in [0.4, 0.5) is 5.69 Å². The van der Waals surface area contributed by atoms with Crippen LogP contribution in [0.25, 0.3) is 0 Å². The molecular formula is C12H17ClN2OS2. The van der Waals surface area contributed by atoms with Crippen molar-refractivity contribution in [2.24, 2.45) is 5.73 Å². The number of halogens is 1. The van der Waals surface area contributed by atoms with Crippen LogP contribution in [0.1, 0.15) is 18.9 Å². The summed E-state index contributed by atoms with van der Waals surface area (Å²) in [6.07, 6.45) is 2.55. The zero-order chi connectivity index (χ0) is 13.7. The van der Waals surface area contributed by atoms with Gasteiger partial charge >= 0.3 is 0 Å². The van der Waals surface area contributed by atoms with Gasteiger partial charge in [-0.25, -0.2) is 0 Å². The highest BCUT2D eigenvalue weighted by molar-refractivity contribution is 7.84. The van der Waals surface area contributed by atoms with Crippen molar-refractivity contribution in [3.05, 3.63) is 28.8 Å². The van der Waals surface area contributed by atoms with Gasteiger partial charge in [-0.05, 0) is 31.5 Å². The summed E-state index contributed by atoms with van der Waals surface area (Å²) in [4.78, 5) is 0.293. The monoisotopic (exact) mass is 304 g/mol. The summed E-state index contributed by atoms with van der Waals surface area (Å²) in [5, 5.41) is 3.84. The third-order valence-electron chi connectivity index (χ3n) is 2.49. The Hall–Kier alpha value is -0.650. The Labute approximate surface area is 121 Å². The van der Waals surface area contributed by atoms with E-state index in [4.69, 9.17) is 29.6 Å². The predicted molar refractivity (Wildman–Crippen MR) is 84.0 cm³/mol. The zero-order valence-electron chi connectivity index (χ0n) is 10.4. The molecule has 6 heteroatoms. The van der Waals surface area contributed by atoms with Gasteiger partial charge in [-0.1, -0.05) is 23.8 Å². The van der Waals surface area contributed by atoms with E-state index in [9.17, 15) is 4.21 Å². The molecule has 1 rings (SSSR count). The van der Waals surface area contributed by atoms with Gasteiger partial charge in [0.05, 0.1) is 5.02 Å². The maximum Gasteiger partial charge on any atom is 0.105 e. The third kappa shape index (κ3) is 4.92. The fourth-order valence-corrected chi connectivity index (χ4v) is 2.71. The smallest absolute Gasteiger partial charge is 0.105 e. The molecule has 0 fully saturated rings. The lowest BCUT2D eigenvalue weighted by Gasteiger charge is -2.15. The maximum absolute atomic E-state index is 11.0. The third-order valence-corrected chi connectivity index (χ3v) is 3.83. The van der Waals surface area contributed by atoms with Crippen molar-refractivity contribution in [2.45, 2.75) is 19.4 Å². The van der Waals surface area contributed by atoms with E-state index in [2.05, 4.69) is 5.32 Å². The van der Waals surface area contributed by atoms with Crippen molar-refractivity contribution in [2.75, 3.05) is 17.3 Å². The summed E-state index contributed by atoms with van der Waals surface area (Å²) < 4.78 is 11.0. The Morgan fingerprint density at radius 1 is 1.61 bits per heavy atom. The summed E-state index contributed by atoms with van der Waals surface area (Å²) >= 11 is 11.0. The van der Waals surface area contributed by atoms with Crippen LogP contribution in [0, 0.1) is 0 Å². The number of hydrogen-bond acceptors (Lipinski definition) is 3. The molecule has 0 radical (unpaired) electrons. The Morgan fingerprint density at radius 2 is 2.28 bits per heavy atom. The number of benzene rings is 1. The number of hydrogen-bond donors (Lipinski definition) is 2. The minimum absolute atomic E-state index is 0.237. The van der Waals surface area contributed by atoms with Crippen molar-refractivity contribution >= 4 is 45.3 Å². The van der Waals surface area contributed by atoms with Gasteiger partial charge in [0.2, 0.25) is 0 Å². The largest absolute Gasteiger partial charge is 0.389 e. The first-order chi connectivity index (χ1) is 8.40. The molecule has 0 aliphatic carbocycles. The quantitative estimate of drug-likeness (QED) is 0.793. The van der Waals surface area contributed by atoms with Crippen LogP contribution < -0.4 is 11.1 Å². The molecule has 0 aromatic heterocycles. The van der Waals surface area contributed by atoms with E-state index >= 15 is 0 Å². The summed E-state index contributed by atoms with van der Waals surface area (Å²) in [7, 11) is -0.758. The van der Waals surface area contributed by atoms with E-state index in [1.807, 2.05) is 13.0 Å². The number of thiocarbonyl (C=S) groups is 1. The fourth-order valence-electron chi connectivity index (χ4n) is 1.50. The molecule has 1 aromatic carbocycles. The standard InChI is InChI=1S/C12H17ClN2OS2/c1-8(5-6-18(2)16)15-9-3-4-10(12(14)17)11(13)7-9/h3-4,7-8,15H,5-6H2,1-2H3,(H2,14,17). The van der Waals surface area contributed by atoms with E-state index in [0.717, 1.165) is 12.1 Å². The fraction of sp³-hybridized carbons (Fsp3) is 0.417. The van der Waals surface area contributed by atoms with E-state index in [1.54, 1.807) is 18.4 Å². The van der Waals surface area contributed by atoms with Crippen molar-refractivity contribution < 1.29 is 4.21 Å². The lowest BCUT2D eigenvalue weighted by atomic mass is 10.2. The molecule has 0 aliphatic heterocycles. The van der Waals surface area contributed by atoms with Gasteiger partial charge in [-0.3, -0.25) is 4.21 Å². The lowest BCUT2D eigenvalue weighted by molar-refractivity contribution is 0.678. The molecular weight excluding hydrogens is 288 g/mol. The molecule has 0 saturated heterocycles. The number of nitrogens with two attached hydrogens (primary N) is 1. The Balaban J connectivity index is 2.65. The van der Waals surface area contributed by atoms with Gasteiger partial charge in [0.15, 0.2) is 0 Å². The molecule has 2 atom stereocenters. The van der Waals surface area contributed by atoms with Crippen molar-refractivity contribution in [3.63, 3.8) is 0 Å². The van der Waals surface area contributed by atoms with Crippen LogP contribution in [-0.2, 0) is 10.8 Å². The average Bonchev–Trinajstić information content (AvgIpc) is 2.26. The summed E-state index contributed by atoms with van der Waals surface area (Å²) in [6, 6.07) is 5.73. The van der Waals surface area contributed by atoms with Gasteiger partial charge in [0, 0.05) is 40.1 Å². The second kappa shape index (κ2) is 7.07. The second-order valence-electron chi connectivity index (χ2n) is 4.17. The second-order valence-corrected chi connectivity index (χ2v) is 6.57. The van der Waals surface area contributed by atoms with Crippen molar-refractivity contribution in [3.8, 4) is 0 Å². The molecule has 2 unspecified atom stereocenters. The molecule has 1 aromatic rings. The minimum atomic E-state index is -0.758. The first kappa shape index (κ1) is 15.4. The van der Waals surface area contributed by atoms with Gasteiger partial charge in [0.25, 0.3) is 0 Å². The molecule has 0 spiro atoms. The normalized spacial score (nSPS) is 13.9. The van der Waals surface area contributed by atoms with Crippen LogP contribution >= 0.6 is 23.8 Å². The Morgan fingerprint density at radius 3 is 2.78 bits per heavy atom. The number of nitrogens with one attached hydrogen (secondary N) is 1. The molecule has 3 N–H and O–H groups in total. The topological polar surface area (TPSA) is 55.1 Å². The van der Waals surface area contributed by atoms with Gasteiger partial charge in [-0.2, -0.15) is 0 Å². The molecule has 18 heavy (non-hydrogen) atoms. The van der Waals surface area contributed by atoms with E-state index in [1.165, 1.54) is 0 Å². The van der Waals surface area contributed by atoms with Crippen molar-refractivity contribution in [1.29, 1.82) is 0 Å². The SMILES string of the molecule is CC(CCS(C)=O)Nc1ccc(C(N)=S)c(Cl)c1. The molecule has 0 heterocycles. The first-order valence-electron chi connectivity index (χ1n) is 5.56. The predicted octanol–water partition coefficient (Wildman–Crippen LogP) is 2.54. The lowest BCUT2D eigenvalue weighted by Crippen LogP contribution is -2.18. The highest BCUT2D eigenvalue weighted by Gasteiger charge is 2.07. The average molecular weight is 305 g/mol. The Kier molecular flexibility index (Phi) is 6.05. The van der Waals surface area contributed by atoms with Crippen LogP contribution in [0.3, 0.4) is 0 Å². The van der Waals surface area contributed by atoms with Crippen LogP contribution in [-0.4, -0.2) is 27.2 Å². The maximum atomic E-state index is 11.0. The van der Waals surface area contributed by atoms with Gasteiger partial charge in [0.1, 0.15) is 4.99 Å². The van der Waals surface area contributed by atoms with Gasteiger partial charge < -0.3 is 11.1 Å². The summed E-state index contributed by atoms with van der Waals surface area (Å²) in [5.74, 6) is 0.687. The highest BCUT2D eigenvalue weighted by atomic mass is 35.5. The number of rotatable bonds is 6. The minimum Gasteiger partial charge on any atom is -0.389 e. The summed E-state index contributed by atoms with van der Waals surface area (Å²) in [6.45, 7) is 2.04. The zero-order valence-corrected chi connectivity index (χ0v) is 12.8. The first-order valence-corrected chi connectivity index (χ1v) is 8.07. The van der Waals surface area contributed by atoms with E-state index in [-0.39, 0.29) is 6.04 Å². The molecule has 3 nitrogen and oxygen atoms in total. The molecule has 100 valence electrons. The van der Waals surface area contributed by atoms with E-state index < -0.39 is 10.8 Å².